The molecule has 0 aliphatic heterocycles. The second-order valence-electron chi connectivity index (χ2n) is 3.56. The molecule has 0 radical (unpaired) electrons. The molecule has 1 amide bonds. The van der Waals surface area contributed by atoms with Crippen LogP contribution in [0.1, 0.15) is 28.3 Å². The first-order valence-electron chi connectivity index (χ1n) is 5.13. The number of nitrogens with zero attached hydrogens (tertiary/aromatic N) is 1. The second-order valence-corrected chi connectivity index (χ2v) is 4.92. The lowest BCUT2D eigenvalue weighted by molar-refractivity contribution is 0.0935. The highest BCUT2D eigenvalue weighted by Crippen LogP contribution is 2.18. The summed E-state index contributed by atoms with van der Waals surface area (Å²) >= 11 is 7.35. The summed E-state index contributed by atoms with van der Waals surface area (Å²) in [6.45, 7) is 1.94. The number of carbonyl (C=O) groups is 1. The van der Waals surface area contributed by atoms with Crippen LogP contribution in [0.3, 0.4) is 0 Å². The van der Waals surface area contributed by atoms with Crippen molar-refractivity contribution in [2.75, 3.05) is 0 Å². The number of hydrogen-bond acceptors (Lipinski definition) is 3. The fourth-order valence-corrected chi connectivity index (χ4v) is 2.31. The van der Waals surface area contributed by atoms with Crippen molar-refractivity contribution in [3.63, 3.8) is 0 Å². The highest BCUT2D eigenvalue weighted by atomic mass is 35.5. The minimum absolute atomic E-state index is 0.0247. The van der Waals surface area contributed by atoms with Crippen molar-refractivity contribution in [1.29, 1.82) is 0 Å². The molecule has 2 aromatic rings. The van der Waals surface area contributed by atoms with Gasteiger partial charge in [-0.1, -0.05) is 23.7 Å². The third-order valence-corrected chi connectivity index (χ3v) is 3.53. The molecule has 2 aromatic heterocycles. The first kappa shape index (κ1) is 12.1. The average molecular weight is 267 g/mol. The van der Waals surface area contributed by atoms with Gasteiger partial charge in [0.25, 0.3) is 5.91 Å². The van der Waals surface area contributed by atoms with E-state index in [4.69, 9.17) is 11.6 Å². The monoisotopic (exact) mass is 266 g/mol. The van der Waals surface area contributed by atoms with E-state index in [0.29, 0.717) is 10.8 Å². The van der Waals surface area contributed by atoms with E-state index in [9.17, 15) is 4.79 Å². The second kappa shape index (κ2) is 5.29. The largest absolute Gasteiger partial charge is 0.343 e. The molecule has 0 aromatic carbocycles. The Morgan fingerprint density at radius 2 is 2.24 bits per heavy atom. The minimum atomic E-state index is -0.214. The Bertz CT molecular complexity index is 513. The van der Waals surface area contributed by atoms with E-state index in [1.807, 2.05) is 24.4 Å². The summed E-state index contributed by atoms with van der Waals surface area (Å²) in [7, 11) is 0. The lowest BCUT2D eigenvalue weighted by Crippen LogP contribution is -2.26. The van der Waals surface area contributed by atoms with Gasteiger partial charge in [-0.3, -0.25) is 4.79 Å². The fraction of sp³-hybridized carbons (Fsp3) is 0.167. The summed E-state index contributed by atoms with van der Waals surface area (Å²) in [6, 6.07) is 8.91. The first-order chi connectivity index (χ1) is 8.16. The van der Waals surface area contributed by atoms with Gasteiger partial charge in [0.05, 0.1) is 6.04 Å². The van der Waals surface area contributed by atoms with E-state index >= 15 is 0 Å². The molecule has 17 heavy (non-hydrogen) atoms. The number of pyridine rings is 1. The highest BCUT2D eigenvalue weighted by molar-refractivity contribution is 7.10. The number of amides is 1. The lowest BCUT2D eigenvalue weighted by Gasteiger charge is -2.11. The molecule has 0 fully saturated rings. The number of thiophene rings is 1. The average Bonchev–Trinajstić information content (AvgIpc) is 2.82. The molecular weight excluding hydrogens is 256 g/mol. The first-order valence-corrected chi connectivity index (χ1v) is 6.39. The number of halogens is 1. The normalized spacial score (nSPS) is 12.1. The molecule has 0 saturated carbocycles. The number of aromatic nitrogens is 1. The summed E-state index contributed by atoms with van der Waals surface area (Å²) in [5.41, 5.74) is 0.334. The topological polar surface area (TPSA) is 42.0 Å². The Balaban J connectivity index is 2.07. The van der Waals surface area contributed by atoms with Gasteiger partial charge in [-0.2, -0.15) is 0 Å². The van der Waals surface area contributed by atoms with Gasteiger partial charge in [-0.05, 0) is 30.5 Å². The Hall–Kier alpha value is -1.39. The summed E-state index contributed by atoms with van der Waals surface area (Å²) in [5.74, 6) is -0.214. The van der Waals surface area contributed by atoms with Gasteiger partial charge in [-0.15, -0.1) is 11.3 Å². The molecule has 0 aliphatic rings. The zero-order chi connectivity index (χ0) is 12.3. The van der Waals surface area contributed by atoms with Gasteiger partial charge in [-0.25, -0.2) is 4.98 Å². The Labute approximate surface area is 108 Å². The molecule has 5 heteroatoms. The van der Waals surface area contributed by atoms with Crippen molar-refractivity contribution in [3.05, 3.63) is 51.4 Å². The van der Waals surface area contributed by atoms with Crippen LogP contribution in [-0.2, 0) is 0 Å². The molecule has 0 bridgehead atoms. The maximum Gasteiger partial charge on any atom is 0.270 e. The van der Waals surface area contributed by atoms with E-state index in [2.05, 4.69) is 10.3 Å². The fourth-order valence-electron chi connectivity index (χ4n) is 1.41. The molecule has 1 unspecified atom stereocenters. The minimum Gasteiger partial charge on any atom is -0.343 e. The number of nitrogens with one attached hydrogen (secondary N) is 1. The van der Waals surface area contributed by atoms with Crippen LogP contribution in [0.5, 0.6) is 0 Å². The molecule has 0 aliphatic carbocycles. The van der Waals surface area contributed by atoms with E-state index in [1.54, 1.807) is 29.5 Å². The lowest BCUT2D eigenvalue weighted by atomic mass is 10.2. The van der Waals surface area contributed by atoms with Crippen LogP contribution >= 0.6 is 22.9 Å². The number of rotatable bonds is 3. The molecular formula is C12H11ClN2OS. The maximum absolute atomic E-state index is 11.9. The molecule has 2 heterocycles. The molecule has 1 atom stereocenters. The van der Waals surface area contributed by atoms with Crippen molar-refractivity contribution in [3.8, 4) is 0 Å². The standard InChI is InChI=1S/C12H11ClN2OS/c1-8(10-5-3-7-17-10)14-12(16)9-4-2-6-11(13)15-9/h2-8H,1H3,(H,14,16). The zero-order valence-electron chi connectivity index (χ0n) is 9.18. The third kappa shape index (κ3) is 3.05. The van der Waals surface area contributed by atoms with E-state index < -0.39 is 0 Å². The van der Waals surface area contributed by atoms with Crippen LogP contribution in [0, 0.1) is 0 Å². The quantitative estimate of drug-likeness (QED) is 0.867. The van der Waals surface area contributed by atoms with Crippen molar-refractivity contribution < 1.29 is 4.79 Å². The van der Waals surface area contributed by atoms with Crippen LogP contribution in [-0.4, -0.2) is 10.9 Å². The van der Waals surface area contributed by atoms with Gasteiger partial charge in [0.2, 0.25) is 0 Å². The maximum atomic E-state index is 11.9. The van der Waals surface area contributed by atoms with Gasteiger partial charge in [0.1, 0.15) is 10.8 Å². The number of carbonyl (C=O) groups excluding carboxylic acids is 1. The molecule has 0 saturated heterocycles. The molecule has 3 nitrogen and oxygen atoms in total. The van der Waals surface area contributed by atoms with E-state index in [0.717, 1.165) is 4.88 Å². The van der Waals surface area contributed by atoms with Crippen molar-refractivity contribution >= 4 is 28.8 Å². The smallest absolute Gasteiger partial charge is 0.270 e. The summed E-state index contributed by atoms with van der Waals surface area (Å²) in [4.78, 5) is 17.0. The third-order valence-electron chi connectivity index (χ3n) is 2.27. The van der Waals surface area contributed by atoms with Crippen LogP contribution in [0.15, 0.2) is 35.7 Å². The summed E-state index contributed by atoms with van der Waals surface area (Å²) in [6.07, 6.45) is 0. The van der Waals surface area contributed by atoms with Gasteiger partial charge in [0.15, 0.2) is 0 Å². The SMILES string of the molecule is CC(NC(=O)c1cccc(Cl)n1)c1cccs1. The summed E-state index contributed by atoms with van der Waals surface area (Å²) in [5, 5.41) is 5.18. The van der Waals surface area contributed by atoms with Crippen molar-refractivity contribution in [2.45, 2.75) is 13.0 Å². The summed E-state index contributed by atoms with van der Waals surface area (Å²) < 4.78 is 0. The highest BCUT2D eigenvalue weighted by Gasteiger charge is 2.13. The van der Waals surface area contributed by atoms with Crippen LogP contribution < -0.4 is 5.32 Å². The molecule has 1 N–H and O–H groups in total. The molecule has 2 rings (SSSR count). The zero-order valence-corrected chi connectivity index (χ0v) is 10.8. The molecule has 88 valence electrons. The van der Waals surface area contributed by atoms with Gasteiger partial charge < -0.3 is 5.32 Å². The predicted octanol–water partition coefficient (Wildman–Crippen LogP) is 3.29. The van der Waals surface area contributed by atoms with Crippen LogP contribution in [0.25, 0.3) is 0 Å². The van der Waals surface area contributed by atoms with Crippen LogP contribution in [0.2, 0.25) is 5.15 Å². The predicted molar refractivity (Wildman–Crippen MR) is 69.4 cm³/mol. The number of hydrogen-bond donors (Lipinski definition) is 1. The van der Waals surface area contributed by atoms with Crippen molar-refractivity contribution in [1.82, 2.24) is 10.3 Å². The Kier molecular flexibility index (Phi) is 3.76. The van der Waals surface area contributed by atoms with Gasteiger partial charge >= 0.3 is 0 Å². The Morgan fingerprint density at radius 1 is 1.41 bits per heavy atom. The molecule has 0 spiro atoms. The van der Waals surface area contributed by atoms with Crippen LogP contribution in [0.4, 0.5) is 0 Å². The Morgan fingerprint density at radius 3 is 2.88 bits per heavy atom. The van der Waals surface area contributed by atoms with E-state index in [1.165, 1.54) is 0 Å². The van der Waals surface area contributed by atoms with Crippen molar-refractivity contribution in [2.24, 2.45) is 0 Å². The van der Waals surface area contributed by atoms with E-state index in [-0.39, 0.29) is 11.9 Å². The van der Waals surface area contributed by atoms with Gasteiger partial charge in [0, 0.05) is 4.88 Å².